The lowest BCUT2D eigenvalue weighted by Crippen LogP contribution is -2.11. The van der Waals surface area contributed by atoms with Crippen molar-refractivity contribution in [2.45, 2.75) is 20.8 Å². The van der Waals surface area contributed by atoms with E-state index in [9.17, 15) is 19.5 Å². The van der Waals surface area contributed by atoms with Gasteiger partial charge in [0.05, 0.1) is 20.4 Å². The molecule has 3 N–H and O–H groups in total. The third-order valence-corrected chi connectivity index (χ3v) is 10.5. The second-order valence-corrected chi connectivity index (χ2v) is 14.8. The number of esters is 1. The van der Waals surface area contributed by atoms with Crippen LogP contribution in [0.25, 0.3) is 41.6 Å². The number of phenols is 1. The molecule has 0 aliphatic carbocycles. The number of benzene rings is 6. The monoisotopic (exact) mass is 762 g/mol. The van der Waals surface area contributed by atoms with E-state index in [2.05, 4.69) is 58.7 Å². The first-order valence-electron chi connectivity index (χ1n) is 17.2. The molecule has 0 radical (unpaired) electrons. The molecule has 272 valence electrons. The van der Waals surface area contributed by atoms with E-state index in [1.807, 2.05) is 60.7 Å². The molecule has 0 aliphatic rings. The summed E-state index contributed by atoms with van der Waals surface area (Å²) in [5, 5.41) is 16.9. The van der Waals surface area contributed by atoms with E-state index in [-0.39, 0.29) is 17.6 Å². The third kappa shape index (κ3) is 9.10. The van der Waals surface area contributed by atoms with Crippen molar-refractivity contribution in [3.8, 4) is 32.6 Å². The number of aryl methyl sites for hydroxylation is 2. The van der Waals surface area contributed by atoms with Gasteiger partial charge in [-0.2, -0.15) is 0 Å². The minimum Gasteiger partial charge on any atom is -0.508 e. The molecule has 0 bridgehead atoms. The Morgan fingerprint density at radius 1 is 0.564 bits per heavy atom. The van der Waals surface area contributed by atoms with Crippen molar-refractivity contribution in [3.05, 3.63) is 156 Å². The van der Waals surface area contributed by atoms with Crippen LogP contribution in [0.1, 0.15) is 38.8 Å². The van der Waals surface area contributed by atoms with E-state index in [4.69, 9.17) is 4.74 Å². The summed E-state index contributed by atoms with van der Waals surface area (Å²) in [7, 11) is 0. The summed E-state index contributed by atoms with van der Waals surface area (Å²) in [4.78, 5) is 45.0. The smallest absolute Gasteiger partial charge is 0.308 e. The van der Waals surface area contributed by atoms with Crippen LogP contribution in [0.2, 0.25) is 0 Å². The number of fused-ring (bicyclic) bond motifs is 2. The van der Waals surface area contributed by atoms with Gasteiger partial charge in [0, 0.05) is 40.6 Å². The van der Waals surface area contributed by atoms with Crippen LogP contribution in [0.3, 0.4) is 0 Å². The molecular formula is C44H34N4O5S2. The van der Waals surface area contributed by atoms with Crippen molar-refractivity contribution in [1.82, 2.24) is 9.97 Å². The Morgan fingerprint density at radius 3 is 1.40 bits per heavy atom. The molecule has 0 spiro atoms. The van der Waals surface area contributed by atoms with Gasteiger partial charge in [-0.15, -0.1) is 22.7 Å². The summed E-state index contributed by atoms with van der Waals surface area (Å²) in [6.07, 6.45) is 0. The van der Waals surface area contributed by atoms with Crippen molar-refractivity contribution in [3.63, 3.8) is 0 Å². The molecule has 0 saturated heterocycles. The highest BCUT2D eigenvalue weighted by Crippen LogP contribution is 2.33. The number of hydrogen-bond acceptors (Lipinski definition) is 9. The van der Waals surface area contributed by atoms with Gasteiger partial charge in [0.2, 0.25) is 0 Å². The first kappa shape index (κ1) is 36.7. The van der Waals surface area contributed by atoms with E-state index in [0.29, 0.717) is 28.3 Å². The van der Waals surface area contributed by atoms with Crippen LogP contribution in [-0.4, -0.2) is 32.9 Å². The largest absolute Gasteiger partial charge is 0.508 e. The lowest BCUT2D eigenvalue weighted by atomic mass is 10.2. The van der Waals surface area contributed by atoms with Crippen molar-refractivity contribution < 1.29 is 24.2 Å². The summed E-state index contributed by atoms with van der Waals surface area (Å²) >= 11 is 3.31. The number of nitrogens with zero attached hydrogens (tertiary/aromatic N) is 2. The summed E-state index contributed by atoms with van der Waals surface area (Å²) in [5.74, 6) is -0.303. The first-order valence-corrected chi connectivity index (χ1v) is 18.8. The maximum atomic E-state index is 12.4. The molecule has 2 heterocycles. The Balaban J connectivity index is 0.000000170. The van der Waals surface area contributed by atoms with Crippen LogP contribution in [0, 0.1) is 13.8 Å². The van der Waals surface area contributed by atoms with Crippen molar-refractivity contribution in [2.24, 2.45) is 0 Å². The number of phenolic OH excluding ortho intramolecular Hbond substituents is 1. The molecule has 8 rings (SSSR count). The number of thiazole rings is 2. The molecule has 9 nitrogen and oxygen atoms in total. The molecule has 0 aliphatic heterocycles. The second-order valence-electron chi connectivity index (χ2n) is 12.7. The van der Waals surface area contributed by atoms with Gasteiger partial charge in [-0.3, -0.25) is 14.4 Å². The topological polar surface area (TPSA) is 131 Å². The number of ether oxygens (including phenoxy) is 1. The van der Waals surface area contributed by atoms with Crippen LogP contribution in [0.5, 0.6) is 11.5 Å². The summed E-state index contributed by atoms with van der Waals surface area (Å²) in [5.41, 5.74) is 8.83. The molecule has 55 heavy (non-hydrogen) atoms. The van der Waals surface area contributed by atoms with E-state index in [0.717, 1.165) is 36.9 Å². The average Bonchev–Trinajstić information content (AvgIpc) is 3.80. The lowest BCUT2D eigenvalue weighted by Gasteiger charge is -2.07. The van der Waals surface area contributed by atoms with Crippen LogP contribution in [-0.2, 0) is 4.79 Å². The predicted octanol–water partition coefficient (Wildman–Crippen LogP) is 10.7. The highest BCUT2D eigenvalue weighted by molar-refractivity contribution is 7.22. The van der Waals surface area contributed by atoms with E-state index < -0.39 is 5.97 Å². The number of nitrogens with one attached hydrogen (secondary N) is 2. The number of anilines is 2. The zero-order valence-electron chi connectivity index (χ0n) is 30.0. The quantitative estimate of drug-likeness (QED) is 0.109. The van der Waals surface area contributed by atoms with Gasteiger partial charge < -0.3 is 20.5 Å². The lowest BCUT2D eigenvalue weighted by molar-refractivity contribution is -0.131. The Labute approximate surface area is 324 Å². The fourth-order valence-electron chi connectivity index (χ4n) is 5.56. The molecule has 6 aromatic carbocycles. The van der Waals surface area contributed by atoms with Crippen molar-refractivity contribution in [1.29, 1.82) is 0 Å². The Kier molecular flexibility index (Phi) is 10.8. The van der Waals surface area contributed by atoms with E-state index >= 15 is 0 Å². The number of carbonyl (C=O) groups excluding carboxylic acids is 3. The number of carbonyl (C=O) groups is 3. The molecule has 11 heteroatoms. The number of hydrogen-bond donors (Lipinski definition) is 3. The molecule has 2 amide bonds. The summed E-state index contributed by atoms with van der Waals surface area (Å²) < 4.78 is 7.31. The molecule has 0 atom stereocenters. The van der Waals surface area contributed by atoms with Gasteiger partial charge in [0.15, 0.2) is 0 Å². The SMILES string of the molecule is CC(=O)Oc1ccc(C(=O)Nc2ccc(-c3nc4ccc(C)cc4s3)cc2)cc1.Cc1ccc2nc(-c3ccc(NC(=O)c4ccc(O)cc4)cc3)sc2c1. The average molecular weight is 763 g/mol. The second kappa shape index (κ2) is 16.1. The summed E-state index contributed by atoms with van der Waals surface area (Å²) in [6.45, 7) is 5.48. The van der Waals surface area contributed by atoms with E-state index in [1.165, 1.54) is 34.9 Å². The highest BCUT2D eigenvalue weighted by Gasteiger charge is 2.11. The van der Waals surface area contributed by atoms with E-state index in [1.54, 1.807) is 59.1 Å². The standard InChI is InChI=1S/C23H18N2O3S.C21H16N2O2S/c1-14-3-12-20-21(13-14)29-23(25-20)17-4-8-18(9-5-17)24-22(27)16-6-10-19(11-7-16)28-15(2)26;1-13-2-11-18-19(12-13)26-21(23-18)15-3-7-16(8-4-15)22-20(25)14-5-9-17(24)10-6-14/h3-13H,1-2H3,(H,24,27);2-12,24H,1H3,(H,22,25). The Morgan fingerprint density at radius 2 is 0.982 bits per heavy atom. The zero-order chi connectivity index (χ0) is 38.5. The minimum atomic E-state index is -0.398. The molecule has 0 fully saturated rings. The molecule has 0 unspecified atom stereocenters. The van der Waals surface area contributed by atoms with Gasteiger partial charge in [-0.1, -0.05) is 12.1 Å². The molecular weight excluding hydrogens is 729 g/mol. The normalized spacial score (nSPS) is 10.7. The number of amides is 2. The van der Waals surface area contributed by atoms with Crippen LogP contribution in [0.4, 0.5) is 11.4 Å². The van der Waals surface area contributed by atoms with Crippen LogP contribution < -0.4 is 15.4 Å². The number of aromatic nitrogens is 2. The van der Waals surface area contributed by atoms with Gasteiger partial charge in [0.25, 0.3) is 11.8 Å². The maximum absolute atomic E-state index is 12.4. The molecule has 2 aromatic heterocycles. The highest BCUT2D eigenvalue weighted by atomic mass is 32.1. The minimum absolute atomic E-state index is 0.136. The van der Waals surface area contributed by atoms with Gasteiger partial charge in [-0.25, -0.2) is 9.97 Å². The number of rotatable bonds is 7. The first-order chi connectivity index (χ1) is 26.6. The fourth-order valence-corrected chi connectivity index (χ4v) is 7.70. The zero-order valence-corrected chi connectivity index (χ0v) is 31.6. The van der Waals surface area contributed by atoms with Crippen LogP contribution >= 0.6 is 22.7 Å². The van der Waals surface area contributed by atoms with Crippen molar-refractivity contribution >= 4 is 72.3 Å². The molecule has 8 aromatic rings. The fraction of sp³-hybridized carbons (Fsp3) is 0.0682. The molecule has 0 saturated carbocycles. The van der Waals surface area contributed by atoms with Crippen LogP contribution in [0.15, 0.2) is 133 Å². The third-order valence-electron chi connectivity index (χ3n) is 8.37. The maximum Gasteiger partial charge on any atom is 0.308 e. The Bertz CT molecular complexity index is 2650. The van der Waals surface area contributed by atoms with Crippen molar-refractivity contribution in [2.75, 3.05) is 10.6 Å². The summed E-state index contributed by atoms with van der Waals surface area (Å²) in [6, 6.07) is 40.3. The predicted molar refractivity (Wildman–Crippen MR) is 221 cm³/mol. The van der Waals surface area contributed by atoms with Gasteiger partial charge >= 0.3 is 5.97 Å². The van der Waals surface area contributed by atoms with Gasteiger partial charge in [0.1, 0.15) is 21.5 Å². The number of aromatic hydroxyl groups is 1. The van der Waals surface area contributed by atoms with Gasteiger partial charge in [-0.05, 0) is 146 Å². The Hall–Kier alpha value is -6.69.